The molecule has 21 heavy (non-hydrogen) atoms. The number of benzene rings is 1. The summed E-state index contributed by atoms with van der Waals surface area (Å²) in [6, 6.07) is 10.4. The van der Waals surface area contributed by atoms with E-state index in [4.69, 9.17) is 4.42 Å². The van der Waals surface area contributed by atoms with Crippen molar-refractivity contribution in [3.05, 3.63) is 48.6 Å². The highest BCUT2D eigenvalue weighted by molar-refractivity contribution is 5.72. The van der Waals surface area contributed by atoms with Crippen molar-refractivity contribution in [1.82, 2.24) is 19.7 Å². The molecular formula is C16H18N4O. The lowest BCUT2D eigenvalue weighted by atomic mass is 10.2. The van der Waals surface area contributed by atoms with E-state index in [0.29, 0.717) is 6.04 Å². The van der Waals surface area contributed by atoms with Gasteiger partial charge in [0, 0.05) is 18.4 Å². The second-order valence-electron chi connectivity index (χ2n) is 5.57. The molecule has 108 valence electrons. The maximum Gasteiger partial charge on any atom is 0.209 e. The molecule has 0 saturated carbocycles. The van der Waals surface area contributed by atoms with Crippen LogP contribution in [-0.2, 0) is 13.1 Å². The molecule has 1 aromatic carbocycles. The van der Waals surface area contributed by atoms with E-state index >= 15 is 0 Å². The zero-order valence-electron chi connectivity index (χ0n) is 11.9. The number of nitrogens with zero attached hydrogens (tertiary/aromatic N) is 4. The molecule has 1 atom stereocenters. The van der Waals surface area contributed by atoms with Crippen molar-refractivity contribution in [2.24, 2.45) is 0 Å². The Hall–Kier alpha value is -2.14. The normalized spacial score (nSPS) is 19.5. The van der Waals surface area contributed by atoms with Gasteiger partial charge < -0.3 is 4.42 Å². The van der Waals surface area contributed by atoms with Crippen LogP contribution in [0, 0.1) is 0 Å². The van der Waals surface area contributed by atoms with Gasteiger partial charge in [-0.3, -0.25) is 9.58 Å². The minimum Gasteiger partial charge on any atom is -0.439 e. The van der Waals surface area contributed by atoms with E-state index in [-0.39, 0.29) is 0 Å². The van der Waals surface area contributed by atoms with Crippen LogP contribution in [0.2, 0.25) is 0 Å². The van der Waals surface area contributed by atoms with Gasteiger partial charge in [-0.25, -0.2) is 4.98 Å². The molecule has 4 rings (SSSR count). The number of oxazole rings is 1. The molecule has 3 heterocycles. The van der Waals surface area contributed by atoms with Crippen LogP contribution in [-0.4, -0.2) is 32.3 Å². The van der Waals surface area contributed by atoms with Crippen molar-refractivity contribution in [3.8, 4) is 0 Å². The van der Waals surface area contributed by atoms with Crippen LogP contribution >= 0.6 is 0 Å². The van der Waals surface area contributed by atoms with Crippen molar-refractivity contribution in [3.63, 3.8) is 0 Å². The Balaban J connectivity index is 1.49. The average Bonchev–Trinajstić information content (AvgIpc) is 3.21. The van der Waals surface area contributed by atoms with Gasteiger partial charge in [0.05, 0.1) is 13.1 Å². The number of hydrogen-bond donors (Lipinski definition) is 0. The first-order valence-corrected chi connectivity index (χ1v) is 7.44. The van der Waals surface area contributed by atoms with Gasteiger partial charge in [0.1, 0.15) is 5.52 Å². The molecule has 5 nitrogen and oxygen atoms in total. The zero-order chi connectivity index (χ0) is 14.1. The lowest BCUT2D eigenvalue weighted by Crippen LogP contribution is -2.32. The van der Waals surface area contributed by atoms with Crippen LogP contribution in [0.1, 0.15) is 18.7 Å². The van der Waals surface area contributed by atoms with Gasteiger partial charge in [-0.05, 0) is 37.6 Å². The molecular weight excluding hydrogens is 264 g/mol. The fourth-order valence-corrected chi connectivity index (χ4v) is 3.10. The Morgan fingerprint density at radius 3 is 3.05 bits per heavy atom. The van der Waals surface area contributed by atoms with Crippen molar-refractivity contribution >= 4 is 11.1 Å². The van der Waals surface area contributed by atoms with Crippen LogP contribution < -0.4 is 0 Å². The molecule has 1 aliphatic rings. The summed E-state index contributed by atoms with van der Waals surface area (Å²) in [7, 11) is 0. The summed E-state index contributed by atoms with van der Waals surface area (Å²) < 4.78 is 7.85. The number of rotatable bonds is 4. The second-order valence-corrected chi connectivity index (χ2v) is 5.57. The largest absolute Gasteiger partial charge is 0.439 e. The molecule has 3 aromatic rings. The van der Waals surface area contributed by atoms with Gasteiger partial charge >= 0.3 is 0 Å². The van der Waals surface area contributed by atoms with Crippen LogP contribution in [0.25, 0.3) is 11.1 Å². The third-order valence-corrected chi connectivity index (χ3v) is 4.13. The van der Waals surface area contributed by atoms with Gasteiger partial charge in [0.2, 0.25) is 5.89 Å². The smallest absolute Gasteiger partial charge is 0.209 e. The highest BCUT2D eigenvalue weighted by atomic mass is 16.3. The van der Waals surface area contributed by atoms with Crippen molar-refractivity contribution < 1.29 is 4.42 Å². The minimum absolute atomic E-state index is 0.514. The molecule has 0 radical (unpaired) electrons. The molecule has 0 aliphatic carbocycles. The summed E-state index contributed by atoms with van der Waals surface area (Å²) in [4.78, 5) is 7.03. The van der Waals surface area contributed by atoms with E-state index in [9.17, 15) is 0 Å². The van der Waals surface area contributed by atoms with E-state index in [1.807, 2.05) is 47.4 Å². The summed E-state index contributed by atoms with van der Waals surface area (Å²) in [5.74, 6) is 0.809. The molecule has 1 unspecified atom stereocenters. The van der Waals surface area contributed by atoms with Crippen molar-refractivity contribution in [2.75, 3.05) is 6.54 Å². The molecule has 0 N–H and O–H groups in total. The summed E-state index contributed by atoms with van der Waals surface area (Å²) in [5, 5.41) is 4.31. The first-order valence-electron chi connectivity index (χ1n) is 7.44. The first-order chi connectivity index (χ1) is 10.4. The molecule has 1 aliphatic heterocycles. The maximum atomic E-state index is 5.84. The average molecular weight is 282 g/mol. The van der Waals surface area contributed by atoms with Gasteiger partial charge in [0.15, 0.2) is 5.58 Å². The van der Waals surface area contributed by atoms with E-state index in [2.05, 4.69) is 15.0 Å². The molecule has 0 amide bonds. The monoisotopic (exact) mass is 282 g/mol. The number of aromatic nitrogens is 3. The van der Waals surface area contributed by atoms with Gasteiger partial charge in [0.25, 0.3) is 0 Å². The van der Waals surface area contributed by atoms with Crippen LogP contribution in [0.15, 0.2) is 47.1 Å². The Bertz CT molecular complexity index is 686. The maximum absolute atomic E-state index is 5.84. The predicted octanol–water partition coefficient (Wildman–Crippen LogP) is 2.69. The number of likely N-dealkylation sites (tertiary alicyclic amines) is 1. The van der Waals surface area contributed by atoms with Gasteiger partial charge in [-0.15, -0.1) is 0 Å². The van der Waals surface area contributed by atoms with E-state index in [1.165, 1.54) is 12.8 Å². The zero-order valence-corrected chi connectivity index (χ0v) is 11.9. The van der Waals surface area contributed by atoms with E-state index in [0.717, 1.165) is 36.6 Å². The van der Waals surface area contributed by atoms with E-state index < -0.39 is 0 Å². The molecule has 1 saturated heterocycles. The Morgan fingerprint density at radius 2 is 2.19 bits per heavy atom. The Kier molecular flexibility index (Phi) is 3.20. The Morgan fingerprint density at radius 1 is 1.24 bits per heavy atom. The fourth-order valence-electron chi connectivity index (χ4n) is 3.10. The summed E-state index contributed by atoms with van der Waals surface area (Å²) in [6.45, 7) is 2.82. The van der Waals surface area contributed by atoms with Gasteiger partial charge in [-0.2, -0.15) is 5.10 Å². The Labute approximate surface area is 123 Å². The van der Waals surface area contributed by atoms with Crippen LogP contribution in [0.3, 0.4) is 0 Å². The third-order valence-electron chi connectivity index (χ3n) is 4.13. The summed E-state index contributed by atoms with van der Waals surface area (Å²) in [5.41, 5.74) is 1.81. The third kappa shape index (κ3) is 2.56. The SMILES string of the molecule is c1ccc2oc(CN3CCCC3Cn3cccn3)nc2c1. The molecule has 0 bridgehead atoms. The van der Waals surface area contributed by atoms with Crippen molar-refractivity contribution in [2.45, 2.75) is 32.0 Å². The lowest BCUT2D eigenvalue weighted by molar-refractivity contribution is 0.201. The highest BCUT2D eigenvalue weighted by Crippen LogP contribution is 2.23. The summed E-state index contributed by atoms with van der Waals surface area (Å²) in [6.07, 6.45) is 6.29. The predicted molar refractivity (Wildman–Crippen MR) is 79.7 cm³/mol. The molecule has 0 spiro atoms. The highest BCUT2D eigenvalue weighted by Gasteiger charge is 2.26. The number of fused-ring (bicyclic) bond motifs is 1. The first kappa shape index (κ1) is 12.6. The van der Waals surface area contributed by atoms with E-state index in [1.54, 1.807) is 0 Å². The number of para-hydroxylation sites is 2. The lowest BCUT2D eigenvalue weighted by Gasteiger charge is -2.22. The van der Waals surface area contributed by atoms with Crippen LogP contribution in [0.5, 0.6) is 0 Å². The van der Waals surface area contributed by atoms with Crippen LogP contribution in [0.4, 0.5) is 0 Å². The molecule has 2 aromatic heterocycles. The fraction of sp³-hybridized carbons (Fsp3) is 0.375. The van der Waals surface area contributed by atoms with Crippen molar-refractivity contribution in [1.29, 1.82) is 0 Å². The summed E-state index contributed by atoms with van der Waals surface area (Å²) >= 11 is 0. The van der Waals surface area contributed by atoms with Gasteiger partial charge in [-0.1, -0.05) is 12.1 Å². The minimum atomic E-state index is 0.514. The molecule has 1 fully saturated rings. The second kappa shape index (κ2) is 5.33. The quantitative estimate of drug-likeness (QED) is 0.738. The topological polar surface area (TPSA) is 47.1 Å². The standard InChI is InChI=1S/C16H18N4O/c1-2-7-15-14(6-1)18-16(21-15)12-19-9-3-5-13(19)11-20-10-4-8-17-20/h1-2,4,6-8,10,13H,3,5,9,11-12H2. The number of hydrogen-bond acceptors (Lipinski definition) is 4. The molecule has 5 heteroatoms.